The van der Waals surface area contributed by atoms with Crippen LogP contribution in [0.4, 0.5) is 0 Å². The highest BCUT2D eigenvalue weighted by molar-refractivity contribution is 5.52. The van der Waals surface area contributed by atoms with Crippen LogP contribution >= 0.6 is 0 Å². The molecule has 1 aliphatic rings. The molecule has 0 atom stereocenters. The maximum atomic E-state index is 6.91. The zero-order valence-corrected chi connectivity index (χ0v) is 7.68. The second-order valence-corrected chi connectivity index (χ2v) is 3.38. The summed E-state index contributed by atoms with van der Waals surface area (Å²) < 4.78 is 12.5. The molecule has 1 aromatic carbocycles. The van der Waals surface area contributed by atoms with E-state index in [2.05, 4.69) is 18.4 Å². The summed E-state index contributed by atoms with van der Waals surface area (Å²) in [4.78, 5) is 0. The van der Waals surface area contributed by atoms with Crippen molar-refractivity contribution < 1.29 is 6.11 Å². The van der Waals surface area contributed by atoms with Crippen LogP contribution in [-0.2, 0) is 6.42 Å². The van der Waals surface area contributed by atoms with E-state index in [0.717, 1.165) is 30.8 Å². The van der Waals surface area contributed by atoms with Gasteiger partial charge >= 0.3 is 0 Å². The molecule has 1 nitrogen and oxygen atoms in total. The van der Waals surface area contributed by atoms with E-state index in [1.165, 1.54) is 11.1 Å². The Morgan fingerprint density at radius 1 is 1.62 bits per heavy atom. The van der Waals surface area contributed by atoms with Crippen LogP contribution in [0.5, 0.6) is 5.75 Å². The molecule has 0 saturated heterocycles. The van der Waals surface area contributed by atoms with Crippen molar-refractivity contribution in [2.75, 3.05) is 6.61 Å². The number of fused-ring (bicyclic) bond motifs is 1. The molecule has 0 radical (unpaired) electrons. The Morgan fingerprint density at radius 3 is 3.38 bits per heavy atom. The Labute approximate surface area is 80.1 Å². The Balaban J connectivity index is 2.56. The van der Waals surface area contributed by atoms with Gasteiger partial charge in [-0.2, -0.15) is 0 Å². The molecular formula is C12H12O. The van der Waals surface area contributed by atoms with Crippen molar-refractivity contribution in [3.8, 4) is 18.1 Å². The Bertz CT molecular complexity index is 412. The smallest absolute Gasteiger partial charge is 0.138 e. The van der Waals surface area contributed by atoms with Crippen molar-refractivity contribution in [2.24, 2.45) is 0 Å². The molecule has 0 unspecified atom stereocenters. The molecular weight excluding hydrogens is 160 g/mol. The van der Waals surface area contributed by atoms with E-state index < -0.39 is 0 Å². The largest absolute Gasteiger partial charge is 0.492 e. The SMILES string of the molecule is [3H]C#Cc1cc(C)cc2c1OCCC2. The topological polar surface area (TPSA) is 9.23 Å². The zero-order valence-electron chi connectivity index (χ0n) is 8.68. The fourth-order valence-corrected chi connectivity index (χ4v) is 1.73. The first-order valence-corrected chi connectivity index (χ1v) is 4.50. The summed E-state index contributed by atoms with van der Waals surface area (Å²) in [6.45, 7) is 2.81. The van der Waals surface area contributed by atoms with Crippen LogP contribution in [0.1, 0.15) is 24.5 Å². The van der Waals surface area contributed by atoms with E-state index in [0.29, 0.717) is 0 Å². The Morgan fingerprint density at radius 2 is 2.54 bits per heavy atom. The molecule has 0 N–H and O–H groups in total. The number of terminal acetylenes is 1. The molecule has 13 heavy (non-hydrogen) atoms. The third-order valence-electron chi connectivity index (χ3n) is 2.28. The van der Waals surface area contributed by atoms with E-state index in [4.69, 9.17) is 6.11 Å². The predicted molar refractivity (Wildman–Crippen MR) is 52.9 cm³/mol. The third-order valence-corrected chi connectivity index (χ3v) is 2.28. The second kappa shape index (κ2) is 3.14. The molecule has 0 aliphatic carbocycles. The number of hydrogen-bond donors (Lipinski definition) is 0. The molecule has 1 heteroatoms. The number of rotatable bonds is 0. The molecule has 1 aliphatic heterocycles. The van der Waals surface area contributed by atoms with Crippen molar-refractivity contribution in [1.29, 1.82) is 0 Å². The Hall–Kier alpha value is -1.42. The van der Waals surface area contributed by atoms with E-state index in [-0.39, 0.29) is 0 Å². The molecule has 0 amide bonds. The van der Waals surface area contributed by atoms with Gasteiger partial charge in [0.15, 0.2) is 0 Å². The third kappa shape index (κ3) is 1.40. The van der Waals surface area contributed by atoms with Crippen LogP contribution in [0, 0.1) is 19.2 Å². The van der Waals surface area contributed by atoms with Gasteiger partial charge in [0.2, 0.25) is 0 Å². The molecule has 0 aromatic heterocycles. The number of hydrogen-bond acceptors (Lipinski definition) is 1. The lowest BCUT2D eigenvalue weighted by molar-refractivity contribution is 0.287. The molecule has 0 spiro atoms. The lowest BCUT2D eigenvalue weighted by Crippen LogP contribution is -2.09. The Kier molecular flexibility index (Phi) is 1.70. The van der Waals surface area contributed by atoms with E-state index in [9.17, 15) is 0 Å². The molecule has 1 aromatic rings. The number of ether oxygens (including phenoxy) is 1. The lowest BCUT2D eigenvalue weighted by atomic mass is 10.00. The van der Waals surface area contributed by atoms with Crippen molar-refractivity contribution in [1.82, 2.24) is 0 Å². The quantitative estimate of drug-likeness (QED) is 0.548. The average molecular weight is 174 g/mol. The van der Waals surface area contributed by atoms with Gasteiger partial charge in [0, 0.05) is 0 Å². The number of aryl methyl sites for hydroxylation is 2. The predicted octanol–water partition coefficient (Wildman–Crippen LogP) is 2.30. The summed E-state index contributed by atoms with van der Waals surface area (Å²) in [7, 11) is 0. The fraction of sp³-hybridized carbons (Fsp3) is 0.333. The minimum Gasteiger partial charge on any atom is -0.492 e. The van der Waals surface area contributed by atoms with Gasteiger partial charge in [0.25, 0.3) is 0 Å². The van der Waals surface area contributed by atoms with Gasteiger partial charge in [0.05, 0.1) is 12.2 Å². The normalized spacial score (nSPS) is 14.7. The second-order valence-electron chi connectivity index (χ2n) is 3.38. The first kappa shape index (κ1) is 7.03. The first-order valence-electron chi connectivity index (χ1n) is 5.00. The van der Waals surface area contributed by atoms with Crippen molar-refractivity contribution in [3.63, 3.8) is 0 Å². The van der Waals surface area contributed by atoms with Gasteiger partial charge < -0.3 is 4.74 Å². The fourth-order valence-electron chi connectivity index (χ4n) is 1.73. The molecule has 1 heterocycles. The number of benzene rings is 1. The molecule has 0 saturated carbocycles. The van der Waals surface area contributed by atoms with Gasteiger partial charge in [-0.15, -0.1) is 6.40 Å². The molecule has 0 fully saturated rings. The van der Waals surface area contributed by atoms with Crippen LogP contribution in [0.25, 0.3) is 0 Å². The van der Waals surface area contributed by atoms with Crippen LogP contribution in [-0.4, -0.2) is 6.61 Å². The highest BCUT2D eigenvalue weighted by atomic mass is 16.5. The standard InChI is InChI=1S/C12H12O/c1-3-10-7-9(2)8-11-5-4-6-13-12(10)11/h1,7-8H,4-6H2,2H3/i1T. The maximum Gasteiger partial charge on any atom is 0.138 e. The van der Waals surface area contributed by atoms with Crippen LogP contribution in [0.2, 0.25) is 0 Å². The minimum atomic E-state index is 0.767. The summed E-state index contributed by atoms with van der Waals surface area (Å²) in [5, 5.41) is 0. The average Bonchev–Trinajstić information content (AvgIpc) is 2.18. The summed E-state index contributed by atoms with van der Waals surface area (Å²) >= 11 is 0. The van der Waals surface area contributed by atoms with Crippen molar-refractivity contribution in [2.45, 2.75) is 19.8 Å². The zero-order chi connectivity index (χ0) is 9.97. The highest BCUT2D eigenvalue weighted by Gasteiger charge is 2.13. The van der Waals surface area contributed by atoms with E-state index in [1.54, 1.807) is 0 Å². The summed E-state index contributed by atoms with van der Waals surface area (Å²) in [5.74, 6) is 3.66. The summed E-state index contributed by atoms with van der Waals surface area (Å²) in [6.07, 6.45) is 4.31. The van der Waals surface area contributed by atoms with Gasteiger partial charge in [-0.3, -0.25) is 0 Å². The monoisotopic (exact) mass is 174 g/mol. The van der Waals surface area contributed by atoms with Gasteiger partial charge in [-0.25, -0.2) is 0 Å². The van der Waals surface area contributed by atoms with Gasteiger partial charge in [0.1, 0.15) is 7.12 Å². The maximum absolute atomic E-state index is 6.91. The van der Waals surface area contributed by atoms with Gasteiger partial charge in [-0.05, 0) is 37.0 Å². The van der Waals surface area contributed by atoms with Crippen molar-refractivity contribution >= 4 is 0 Å². The molecule has 0 bridgehead atoms. The van der Waals surface area contributed by atoms with E-state index >= 15 is 0 Å². The highest BCUT2D eigenvalue weighted by Crippen LogP contribution is 2.29. The first-order chi connectivity index (χ1) is 6.81. The van der Waals surface area contributed by atoms with Crippen LogP contribution in [0.3, 0.4) is 0 Å². The lowest BCUT2D eigenvalue weighted by Gasteiger charge is -2.19. The summed E-state index contributed by atoms with van der Waals surface area (Å²) in [6, 6.07) is 4.12. The van der Waals surface area contributed by atoms with Crippen LogP contribution < -0.4 is 4.74 Å². The molecule has 2 rings (SSSR count). The van der Waals surface area contributed by atoms with Crippen LogP contribution in [0.15, 0.2) is 12.1 Å². The van der Waals surface area contributed by atoms with E-state index in [1.807, 2.05) is 13.0 Å². The summed E-state index contributed by atoms with van der Waals surface area (Å²) in [5.41, 5.74) is 3.27. The molecule has 66 valence electrons. The minimum absolute atomic E-state index is 0.767. The van der Waals surface area contributed by atoms with Crippen molar-refractivity contribution in [3.05, 3.63) is 28.8 Å². The van der Waals surface area contributed by atoms with Gasteiger partial charge in [-0.1, -0.05) is 12.0 Å².